The Morgan fingerprint density at radius 3 is 2.14 bits per heavy atom. The van der Waals surface area contributed by atoms with E-state index in [0.717, 1.165) is 11.6 Å². The van der Waals surface area contributed by atoms with Crippen molar-refractivity contribution in [3.8, 4) is 5.75 Å². The van der Waals surface area contributed by atoms with Gasteiger partial charge in [0.15, 0.2) is 6.29 Å². The molecule has 29 heavy (non-hydrogen) atoms. The largest absolute Gasteiger partial charge is 0.465 e. The first-order valence-corrected chi connectivity index (χ1v) is 9.94. The molecular weight excluding hydrogens is 360 g/mol. The van der Waals surface area contributed by atoms with Crippen molar-refractivity contribution in [1.82, 2.24) is 5.32 Å². The van der Waals surface area contributed by atoms with E-state index in [2.05, 4.69) is 60.8 Å². The van der Waals surface area contributed by atoms with Gasteiger partial charge in [0.2, 0.25) is 0 Å². The van der Waals surface area contributed by atoms with Gasteiger partial charge in [-0.3, -0.25) is 4.99 Å². The molecular formula is C25H26N2O2. The van der Waals surface area contributed by atoms with Crippen LogP contribution in [0.4, 0.5) is 0 Å². The molecule has 0 fully saturated rings. The SMILES string of the molecule is CC(OCC1=NC(c2ccccc2)C(C)(c2ccccc2)N1)Oc1ccccc1. The topological polar surface area (TPSA) is 42.8 Å². The molecule has 4 nitrogen and oxygen atoms in total. The Morgan fingerprint density at radius 2 is 1.48 bits per heavy atom. The zero-order chi connectivity index (χ0) is 20.1. The Hall–Kier alpha value is -3.11. The lowest BCUT2D eigenvalue weighted by Gasteiger charge is -2.32. The minimum absolute atomic E-state index is 0.0324. The van der Waals surface area contributed by atoms with Crippen LogP contribution in [-0.2, 0) is 10.3 Å². The molecule has 0 spiro atoms. The van der Waals surface area contributed by atoms with Gasteiger partial charge in [0.25, 0.3) is 0 Å². The molecule has 1 heterocycles. The molecule has 1 N–H and O–H groups in total. The maximum atomic E-state index is 5.93. The standard InChI is InChI=1S/C25H26N2O2/c1-19(29-22-16-10-5-11-17-22)28-18-23-26-24(20-12-6-3-7-13-20)25(2,27-23)21-14-8-4-9-15-21/h3-17,19,24H,18H2,1-2H3,(H,26,27). The van der Waals surface area contributed by atoms with Crippen molar-refractivity contribution in [2.24, 2.45) is 4.99 Å². The normalized spacial score (nSPS) is 21.9. The molecule has 1 aliphatic heterocycles. The van der Waals surface area contributed by atoms with Gasteiger partial charge in [0.1, 0.15) is 24.2 Å². The average molecular weight is 386 g/mol. The summed E-state index contributed by atoms with van der Waals surface area (Å²) in [5.74, 6) is 1.62. The van der Waals surface area contributed by atoms with Crippen LogP contribution >= 0.6 is 0 Å². The maximum Gasteiger partial charge on any atom is 0.197 e. The molecule has 0 saturated carbocycles. The minimum Gasteiger partial charge on any atom is -0.465 e. The number of nitrogens with zero attached hydrogens (tertiary/aromatic N) is 1. The molecule has 0 amide bonds. The number of hydrogen-bond donors (Lipinski definition) is 1. The first-order valence-electron chi connectivity index (χ1n) is 9.94. The van der Waals surface area contributed by atoms with Crippen molar-refractivity contribution in [1.29, 1.82) is 0 Å². The third-order valence-corrected chi connectivity index (χ3v) is 5.22. The van der Waals surface area contributed by atoms with Gasteiger partial charge in [-0.2, -0.15) is 0 Å². The second-order valence-corrected chi connectivity index (χ2v) is 7.39. The summed E-state index contributed by atoms with van der Waals surface area (Å²) < 4.78 is 11.7. The molecule has 3 unspecified atom stereocenters. The van der Waals surface area contributed by atoms with Gasteiger partial charge in [-0.05, 0) is 37.1 Å². The molecule has 4 heteroatoms. The summed E-state index contributed by atoms with van der Waals surface area (Å²) in [6, 6.07) is 30.5. The monoisotopic (exact) mass is 386 g/mol. The Labute approximate surface area is 172 Å². The zero-order valence-electron chi connectivity index (χ0n) is 16.8. The molecule has 0 radical (unpaired) electrons. The van der Waals surface area contributed by atoms with E-state index in [1.807, 2.05) is 49.4 Å². The highest BCUT2D eigenvalue weighted by atomic mass is 16.7. The smallest absolute Gasteiger partial charge is 0.197 e. The van der Waals surface area contributed by atoms with E-state index >= 15 is 0 Å². The van der Waals surface area contributed by atoms with Crippen molar-refractivity contribution in [3.05, 3.63) is 102 Å². The number of benzene rings is 3. The summed E-state index contributed by atoms with van der Waals surface area (Å²) in [4.78, 5) is 4.99. The Bertz CT molecular complexity index is 944. The number of nitrogens with one attached hydrogen (secondary N) is 1. The van der Waals surface area contributed by atoms with E-state index in [9.17, 15) is 0 Å². The Morgan fingerprint density at radius 1 is 0.897 bits per heavy atom. The number of rotatable bonds is 7. The van der Waals surface area contributed by atoms with Crippen LogP contribution in [0.25, 0.3) is 0 Å². The summed E-state index contributed by atoms with van der Waals surface area (Å²) in [5, 5.41) is 3.62. The van der Waals surface area contributed by atoms with Crippen LogP contribution in [0, 0.1) is 0 Å². The highest BCUT2D eigenvalue weighted by Crippen LogP contribution is 2.41. The van der Waals surface area contributed by atoms with Gasteiger partial charge < -0.3 is 14.8 Å². The number of hydrogen-bond acceptors (Lipinski definition) is 4. The zero-order valence-corrected chi connectivity index (χ0v) is 16.8. The summed E-state index contributed by atoms with van der Waals surface area (Å²) in [7, 11) is 0. The summed E-state index contributed by atoms with van der Waals surface area (Å²) in [6.07, 6.45) is -0.374. The van der Waals surface area contributed by atoms with Gasteiger partial charge in [-0.15, -0.1) is 0 Å². The van der Waals surface area contributed by atoms with Gasteiger partial charge in [0, 0.05) is 0 Å². The molecule has 3 aromatic rings. The van der Waals surface area contributed by atoms with E-state index in [-0.39, 0.29) is 17.9 Å². The van der Waals surface area contributed by atoms with Crippen molar-refractivity contribution < 1.29 is 9.47 Å². The fourth-order valence-electron chi connectivity index (χ4n) is 3.74. The molecule has 4 rings (SSSR count). The van der Waals surface area contributed by atoms with Crippen LogP contribution < -0.4 is 10.1 Å². The first-order chi connectivity index (χ1) is 14.1. The van der Waals surface area contributed by atoms with Crippen molar-refractivity contribution in [3.63, 3.8) is 0 Å². The number of ether oxygens (including phenoxy) is 2. The van der Waals surface area contributed by atoms with Crippen LogP contribution in [0.3, 0.4) is 0 Å². The lowest BCUT2D eigenvalue weighted by molar-refractivity contribution is -0.0512. The Kier molecular flexibility index (Phi) is 5.63. The lowest BCUT2D eigenvalue weighted by atomic mass is 9.82. The van der Waals surface area contributed by atoms with Crippen molar-refractivity contribution >= 4 is 5.84 Å². The van der Waals surface area contributed by atoms with E-state index in [1.54, 1.807) is 0 Å². The van der Waals surface area contributed by atoms with Gasteiger partial charge >= 0.3 is 0 Å². The molecule has 1 aliphatic rings. The maximum absolute atomic E-state index is 5.93. The molecule has 0 aliphatic carbocycles. The first kappa shape index (κ1) is 19.2. The summed E-state index contributed by atoms with van der Waals surface area (Å²) in [5.41, 5.74) is 2.03. The lowest BCUT2D eigenvalue weighted by Crippen LogP contribution is -2.43. The molecule has 148 valence electrons. The predicted molar refractivity (Wildman–Crippen MR) is 116 cm³/mol. The van der Waals surface area contributed by atoms with Gasteiger partial charge in [-0.1, -0.05) is 78.9 Å². The van der Waals surface area contributed by atoms with E-state index in [0.29, 0.717) is 6.61 Å². The predicted octanol–water partition coefficient (Wildman–Crippen LogP) is 5.09. The molecule has 0 bridgehead atoms. The van der Waals surface area contributed by atoms with E-state index < -0.39 is 0 Å². The van der Waals surface area contributed by atoms with Crippen molar-refractivity contribution in [2.45, 2.75) is 31.7 Å². The van der Waals surface area contributed by atoms with Gasteiger partial charge in [-0.25, -0.2) is 0 Å². The molecule has 0 aromatic heterocycles. The summed E-state index contributed by atoms with van der Waals surface area (Å²) in [6.45, 7) is 4.45. The third kappa shape index (κ3) is 4.33. The second kappa shape index (κ2) is 8.50. The van der Waals surface area contributed by atoms with Crippen LogP contribution in [-0.4, -0.2) is 18.7 Å². The van der Waals surface area contributed by atoms with Crippen LogP contribution in [0.5, 0.6) is 5.75 Å². The van der Waals surface area contributed by atoms with Crippen molar-refractivity contribution in [2.75, 3.05) is 6.61 Å². The Balaban J connectivity index is 1.50. The highest BCUT2D eigenvalue weighted by Gasteiger charge is 2.42. The highest BCUT2D eigenvalue weighted by molar-refractivity contribution is 5.87. The average Bonchev–Trinajstić information content (AvgIpc) is 3.12. The van der Waals surface area contributed by atoms with E-state index in [4.69, 9.17) is 14.5 Å². The number of amidine groups is 1. The quantitative estimate of drug-likeness (QED) is 0.576. The van der Waals surface area contributed by atoms with Gasteiger partial charge in [0.05, 0.1) is 5.54 Å². The fourth-order valence-corrected chi connectivity index (χ4v) is 3.74. The molecule has 3 atom stereocenters. The minimum atomic E-state index is -0.374. The fraction of sp³-hybridized carbons (Fsp3) is 0.240. The molecule has 3 aromatic carbocycles. The van der Waals surface area contributed by atoms with Crippen LogP contribution in [0.15, 0.2) is 96.0 Å². The van der Waals surface area contributed by atoms with Crippen LogP contribution in [0.1, 0.15) is 31.0 Å². The van der Waals surface area contributed by atoms with Crippen LogP contribution in [0.2, 0.25) is 0 Å². The number of para-hydroxylation sites is 1. The molecule has 0 saturated heterocycles. The third-order valence-electron chi connectivity index (χ3n) is 5.22. The summed E-state index contributed by atoms with van der Waals surface area (Å²) >= 11 is 0. The number of aliphatic imine (C=N–C) groups is 1. The second-order valence-electron chi connectivity index (χ2n) is 7.39. The van der Waals surface area contributed by atoms with E-state index in [1.165, 1.54) is 11.1 Å².